The van der Waals surface area contributed by atoms with Crippen molar-refractivity contribution in [2.24, 2.45) is 0 Å². The van der Waals surface area contributed by atoms with Crippen molar-refractivity contribution in [2.75, 3.05) is 17.9 Å². The van der Waals surface area contributed by atoms with Crippen LogP contribution in [0.4, 0.5) is 5.69 Å². The van der Waals surface area contributed by atoms with Gasteiger partial charge < -0.3 is 10.1 Å². The van der Waals surface area contributed by atoms with Gasteiger partial charge in [0.1, 0.15) is 5.75 Å². The molecule has 0 saturated heterocycles. The van der Waals surface area contributed by atoms with E-state index in [0.717, 1.165) is 22.0 Å². The highest BCUT2D eigenvalue weighted by atomic mass is 79.9. The molecular formula is C9H11BrClNO. The number of halogens is 2. The highest BCUT2D eigenvalue weighted by molar-refractivity contribution is 9.09. The van der Waals surface area contributed by atoms with Crippen LogP contribution in [0.15, 0.2) is 12.1 Å². The van der Waals surface area contributed by atoms with Gasteiger partial charge in [0.25, 0.3) is 0 Å². The van der Waals surface area contributed by atoms with Crippen LogP contribution in [0.3, 0.4) is 0 Å². The number of alkyl halides is 1. The maximum atomic E-state index is 5.97. The molecule has 0 saturated carbocycles. The van der Waals surface area contributed by atoms with E-state index >= 15 is 0 Å². The fraction of sp³-hybridized carbons (Fsp3) is 0.333. The fourth-order valence-electron chi connectivity index (χ4n) is 1.03. The Labute approximate surface area is 91.4 Å². The maximum absolute atomic E-state index is 5.97. The fourth-order valence-corrected chi connectivity index (χ4v) is 1.50. The second kappa shape index (κ2) is 4.72. The molecule has 0 aliphatic rings. The van der Waals surface area contributed by atoms with Crippen LogP contribution in [-0.4, -0.2) is 12.6 Å². The van der Waals surface area contributed by atoms with E-state index in [0.29, 0.717) is 5.45 Å². The Hall–Kier alpha value is -0.410. The zero-order valence-corrected chi connectivity index (χ0v) is 9.87. The molecule has 0 spiro atoms. The molecular weight excluding hydrogens is 253 g/mol. The van der Waals surface area contributed by atoms with Crippen LogP contribution in [0.1, 0.15) is 5.56 Å². The average molecular weight is 265 g/mol. The van der Waals surface area contributed by atoms with E-state index in [1.165, 1.54) is 0 Å². The zero-order valence-electron chi connectivity index (χ0n) is 7.53. The molecule has 4 heteroatoms. The molecule has 1 aromatic rings. The van der Waals surface area contributed by atoms with E-state index in [-0.39, 0.29) is 0 Å². The van der Waals surface area contributed by atoms with Gasteiger partial charge in [-0.15, -0.1) is 0 Å². The second-order valence-electron chi connectivity index (χ2n) is 2.61. The van der Waals surface area contributed by atoms with E-state index in [1.54, 1.807) is 7.11 Å². The number of benzene rings is 1. The van der Waals surface area contributed by atoms with E-state index in [2.05, 4.69) is 21.2 Å². The van der Waals surface area contributed by atoms with E-state index in [4.69, 9.17) is 16.3 Å². The van der Waals surface area contributed by atoms with Crippen molar-refractivity contribution in [3.63, 3.8) is 0 Å². The molecule has 0 radical (unpaired) electrons. The Morgan fingerprint density at radius 1 is 1.54 bits per heavy atom. The Kier molecular flexibility index (Phi) is 3.88. The molecule has 13 heavy (non-hydrogen) atoms. The number of nitrogens with one attached hydrogen (secondary N) is 1. The van der Waals surface area contributed by atoms with E-state index < -0.39 is 0 Å². The molecule has 0 aromatic heterocycles. The van der Waals surface area contributed by atoms with Crippen LogP contribution in [0, 0.1) is 6.92 Å². The molecule has 1 aromatic carbocycles. The van der Waals surface area contributed by atoms with Gasteiger partial charge >= 0.3 is 0 Å². The number of aryl methyl sites for hydroxylation is 1. The summed E-state index contributed by atoms with van der Waals surface area (Å²) in [7, 11) is 1.64. The molecule has 1 N–H and O–H groups in total. The first-order chi connectivity index (χ1) is 6.19. The predicted molar refractivity (Wildman–Crippen MR) is 60.2 cm³/mol. The minimum atomic E-state index is 0.669. The normalized spacial score (nSPS) is 9.85. The average Bonchev–Trinajstić information content (AvgIpc) is 2.11. The van der Waals surface area contributed by atoms with Gasteiger partial charge in [-0.05, 0) is 24.6 Å². The second-order valence-corrected chi connectivity index (χ2v) is 3.58. The summed E-state index contributed by atoms with van der Waals surface area (Å²) in [5.74, 6) is 0.807. The van der Waals surface area contributed by atoms with Gasteiger partial charge in [-0.3, -0.25) is 0 Å². The summed E-state index contributed by atoms with van der Waals surface area (Å²) >= 11 is 9.25. The topological polar surface area (TPSA) is 21.3 Å². The van der Waals surface area contributed by atoms with Gasteiger partial charge in [0.2, 0.25) is 0 Å². The van der Waals surface area contributed by atoms with Crippen LogP contribution in [0.25, 0.3) is 0 Å². The maximum Gasteiger partial charge on any atom is 0.142 e. The molecule has 72 valence electrons. The highest BCUT2D eigenvalue weighted by Gasteiger charge is 2.05. The van der Waals surface area contributed by atoms with Gasteiger partial charge in [-0.1, -0.05) is 27.5 Å². The quantitative estimate of drug-likeness (QED) is 0.667. The van der Waals surface area contributed by atoms with Crippen LogP contribution >= 0.6 is 27.5 Å². The van der Waals surface area contributed by atoms with E-state index in [9.17, 15) is 0 Å². The first-order valence-corrected chi connectivity index (χ1v) is 5.33. The molecule has 0 aliphatic heterocycles. The summed E-state index contributed by atoms with van der Waals surface area (Å²) in [6, 6.07) is 3.77. The molecule has 0 bridgehead atoms. The largest absolute Gasteiger partial charge is 0.495 e. The molecule has 0 aliphatic carbocycles. The number of methoxy groups -OCH3 is 1. The van der Waals surface area contributed by atoms with Gasteiger partial charge in [-0.25, -0.2) is 0 Å². The minimum Gasteiger partial charge on any atom is -0.495 e. The molecule has 0 atom stereocenters. The molecule has 0 amide bonds. The predicted octanol–water partition coefficient (Wildman–Crippen LogP) is 3.42. The van der Waals surface area contributed by atoms with Crippen LogP contribution in [0.5, 0.6) is 5.75 Å². The monoisotopic (exact) mass is 263 g/mol. The Bertz CT molecular complexity index is 304. The Morgan fingerprint density at radius 3 is 2.77 bits per heavy atom. The summed E-state index contributed by atoms with van der Waals surface area (Å²) in [5, 5.41) is 3.84. The van der Waals surface area contributed by atoms with Crippen molar-refractivity contribution in [1.82, 2.24) is 0 Å². The van der Waals surface area contributed by atoms with Crippen LogP contribution in [0.2, 0.25) is 5.02 Å². The molecule has 0 heterocycles. The standard InChI is InChI=1S/C9H11BrClNO/c1-6-3-9(13-2)8(12-5-10)4-7(6)11/h3-4,12H,5H2,1-2H3. The molecule has 0 unspecified atom stereocenters. The number of ether oxygens (including phenoxy) is 1. The smallest absolute Gasteiger partial charge is 0.142 e. The summed E-state index contributed by atoms with van der Waals surface area (Å²) in [6.45, 7) is 1.95. The summed E-state index contributed by atoms with van der Waals surface area (Å²) in [6.07, 6.45) is 0. The SMILES string of the molecule is COc1cc(C)c(Cl)cc1NCBr. The highest BCUT2D eigenvalue weighted by Crippen LogP contribution is 2.30. The number of hydrogen-bond acceptors (Lipinski definition) is 2. The van der Waals surface area contributed by atoms with E-state index in [1.807, 2.05) is 19.1 Å². The van der Waals surface area contributed by atoms with Crippen molar-refractivity contribution in [1.29, 1.82) is 0 Å². The lowest BCUT2D eigenvalue weighted by Gasteiger charge is -2.10. The lowest BCUT2D eigenvalue weighted by atomic mass is 10.2. The molecule has 0 fully saturated rings. The Balaban J connectivity index is 3.09. The third-order valence-electron chi connectivity index (χ3n) is 1.74. The molecule has 1 rings (SSSR count). The van der Waals surface area contributed by atoms with Crippen LogP contribution < -0.4 is 10.1 Å². The third kappa shape index (κ3) is 2.51. The van der Waals surface area contributed by atoms with Crippen molar-refractivity contribution < 1.29 is 4.74 Å². The van der Waals surface area contributed by atoms with Crippen molar-refractivity contribution in [3.05, 3.63) is 22.7 Å². The molecule has 2 nitrogen and oxygen atoms in total. The van der Waals surface area contributed by atoms with Crippen molar-refractivity contribution >= 4 is 33.2 Å². The van der Waals surface area contributed by atoms with Gasteiger partial charge in [0.15, 0.2) is 0 Å². The van der Waals surface area contributed by atoms with Crippen molar-refractivity contribution in [2.45, 2.75) is 6.92 Å². The first kappa shape index (κ1) is 10.7. The first-order valence-electron chi connectivity index (χ1n) is 3.83. The number of hydrogen-bond donors (Lipinski definition) is 1. The third-order valence-corrected chi connectivity index (χ3v) is 2.43. The number of rotatable bonds is 3. The van der Waals surface area contributed by atoms with Crippen molar-refractivity contribution in [3.8, 4) is 5.75 Å². The Morgan fingerprint density at radius 2 is 2.23 bits per heavy atom. The summed E-state index contributed by atoms with van der Waals surface area (Å²) < 4.78 is 5.19. The van der Waals surface area contributed by atoms with Gasteiger partial charge in [-0.2, -0.15) is 0 Å². The van der Waals surface area contributed by atoms with Gasteiger partial charge in [0, 0.05) is 5.02 Å². The zero-order chi connectivity index (χ0) is 9.84. The number of anilines is 1. The summed E-state index contributed by atoms with van der Waals surface area (Å²) in [5.41, 5.74) is 2.58. The minimum absolute atomic E-state index is 0.669. The lowest BCUT2D eigenvalue weighted by molar-refractivity contribution is 0.416. The van der Waals surface area contributed by atoms with Gasteiger partial charge in [0.05, 0.1) is 18.3 Å². The van der Waals surface area contributed by atoms with Crippen LogP contribution in [-0.2, 0) is 0 Å². The summed E-state index contributed by atoms with van der Waals surface area (Å²) in [4.78, 5) is 0. The lowest BCUT2D eigenvalue weighted by Crippen LogP contribution is -1.98.